The van der Waals surface area contributed by atoms with Crippen molar-refractivity contribution < 1.29 is 10.6 Å². The van der Waals surface area contributed by atoms with Crippen molar-refractivity contribution in [2.45, 2.75) is 0 Å². The van der Waals surface area contributed by atoms with E-state index in [-0.39, 0.29) is 22.8 Å². The molecule has 0 aliphatic carbocycles. The molecule has 0 spiro atoms. The number of phenols is 1. The van der Waals surface area contributed by atoms with E-state index in [1.807, 2.05) is 6.07 Å². The topological polar surface area (TPSA) is 51.7 Å². The molecular formula is C6H8AlO2. The van der Waals surface area contributed by atoms with E-state index in [4.69, 9.17) is 5.11 Å². The molecule has 0 heterocycles. The number of phenolic OH excluding ortho intramolecular Hbond substituents is 1. The Labute approximate surface area is 64.6 Å². The average molecular weight is 139 g/mol. The van der Waals surface area contributed by atoms with E-state index in [0.29, 0.717) is 5.75 Å². The summed E-state index contributed by atoms with van der Waals surface area (Å²) >= 11 is 0. The molecule has 0 aliphatic heterocycles. The third-order valence-electron chi connectivity index (χ3n) is 0.756. The highest BCUT2D eigenvalue weighted by molar-refractivity contribution is 5.75. The van der Waals surface area contributed by atoms with Crippen LogP contribution in [-0.2, 0) is 0 Å². The third kappa shape index (κ3) is 4.04. The van der Waals surface area contributed by atoms with Crippen molar-refractivity contribution in [2.75, 3.05) is 0 Å². The molecule has 1 aromatic rings. The summed E-state index contributed by atoms with van der Waals surface area (Å²) in [5.41, 5.74) is 0. The molecule has 47 valence electrons. The van der Waals surface area contributed by atoms with Crippen LogP contribution in [0.15, 0.2) is 30.3 Å². The van der Waals surface area contributed by atoms with E-state index < -0.39 is 0 Å². The maximum absolute atomic E-state index is 8.63. The summed E-state index contributed by atoms with van der Waals surface area (Å²) in [4.78, 5) is 0. The number of rotatable bonds is 0. The minimum absolute atomic E-state index is 0. The molecule has 0 saturated carbocycles. The zero-order valence-corrected chi connectivity index (χ0v) is 6.07. The standard InChI is InChI=1S/C6H6O.Al.H2O/c7-6-4-2-1-3-5-6;;/h1-5,7H;;1H2. The SMILES string of the molecule is O.Oc1ccccc1.[Al]. The predicted octanol–water partition coefficient (Wildman–Crippen LogP) is 0.187. The van der Waals surface area contributed by atoms with Crippen LogP contribution in [0.1, 0.15) is 0 Å². The fourth-order valence-corrected chi connectivity index (χ4v) is 0.428. The fraction of sp³-hybridized carbons (Fsp3) is 0. The first-order chi connectivity index (χ1) is 3.39. The van der Waals surface area contributed by atoms with Crippen LogP contribution in [0.4, 0.5) is 0 Å². The molecule has 0 unspecified atom stereocenters. The predicted molar refractivity (Wildman–Crippen MR) is 37.5 cm³/mol. The van der Waals surface area contributed by atoms with Gasteiger partial charge in [0.1, 0.15) is 5.75 Å². The van der Waals surface area contributed by atoms with Gasteiger partial charge >= 0.3 is 0 Å². The zero-order valence-electron chi connectivity index (χ0n) is 4.91. The van der Waals surface area contributed by atoms with Gasteiger partial charge in [-0.1, -0.05) is 18.2 Å². The van der Waals surface area contributed by atoms with E-state index in [2.05, 4.69) is 0 Å². The van der Waals surface area contributed by atoms with Crippen LogP contribution in [0, 0.1) is 0 Å². The lowest BCUT2D eigenvalue weighted by molar-refractivity contribution is 0.475. The highest BCUT2D eigenvalue weighted by Gasteiger charge is 1.74. The van der Waals surface area contributed by atoms with Crippen molar-refractivity contribution in [3.63, 3.8) is 0 Å². The zero-order chi connectivity index (χ0) is 5.11. The lowest BCUT2D eigenvalue weighted by Gasteiger charge is -1.82. The van der Waals surface area contributed by atoms with Gasteiger partial charge < -0.3 is 10.6 Å². The monoisotopic (exact) mass is 139 g/mol. The summed E-state index contributed by atoms with van der Waals surface area (Å²) in [6.07, 6.45) is 0. The summed E-state index contributed by atoms with van der Waals surface area (Å²) in [5, 5.41) is 8.63. The molecule has 3 heteroatoms. The van der Waals surface area contributed by atoms with Gasteiger partial charge in [0.15, 0.2) is 0 Å². The molecule has 3 radical (unpaired) electrons. The minimum Gasteiger partial charge on any atom is -0.508 e. The second-order valence-corrected chi connectivity index (χ2v) is 1.34. The van der Waals surface area contributed by atoms with Gasteiger partial charge in [-0.05, 0) is 12.1 Å². The smallest absolute Gasteiger partial charge is 0.115 e. The summed E-state index contributed by atoms with van der Waals surface area (Å²) in [6, 6.07) is 8.71. The molecule has 0 aromatic heterocycles. The van der Waals surface area contributed by atoms with Gasteiger partial charge in [-0.15, -0.1) is 0 Å². The van der Waals surface area contributed by atoms with Crippen LogP contribution >= 0.6 is 0 Å². The summed E-state index contributed by atoms with van der Waals surface area (Å²) < 4.78 is 0. The fourth-order valence-electron chi connectivity index (χ4n) is 0.428. The minimum atomic E-state index is 0. The van der Waals surface area contributed by atoms with Crippen molar-refractivity contribution in [2.24, 2.45) is 0 Å². The Morgan fingerprint density at radius 1 is 1.00 bits per heavy atom. The molecule has 0 fully saturated rings. The first-order valence-corrected chi connectivity index (χ1v) is 2.13. The van der Waals surface area contributed by atoms with Crippen molar-refractivity contribution in [1.29, 1.82) is 0 Å². The normalized spacial score (nSPS) is 6.67. The number of hydrogen-bond acceptors (Lipinski definition) is 1. The summed E-state index contributed by atoms with van der Waals surface area (Å²) in [7, 11) is 0. The largest absolute Gasteiger partial charge is 0.508 e. The van der Waals surface area contributed by atoms with Gasteiger partial charge in [0, 0.05) is 17.4 Å². The molecular weight excluding hydrogens is 131 g/mol. The van der Waals surface area contributed by atoms with Crippen LogP contribution in [-0.4, -0.2) is 27.9 Å². The number of para-hydroxylation sites is 1. The Morgan fingerprint density at radius 3 is 1.67 bits per heavy atom. The first-order valence-electron chi connectivity index (χ1n) is 2.13. The maximum Gasteiger partial charge on any atom is 0.115 e. The van der Waals surface area contributed by atoms with Gasteiger partial charge in [0.05, 0.1) is 0 Å². The Balaban J connectivity index is 0. The lowest BCUT2D eigenvalue weighted by Crippen LogP contribution is -1.56. The Kier molecular flexibility index (Phi) is 7.11. The van der Waals surface area contributed by atoms with Crippen LogP contribution in [0.25, 0.3) is 0 Å². The average Bonchev–Trinajstić information content (AvgIpc) is 1.69. The summed E-state index contributed by atoms with van der Waals surface area (Å²) in [6.45, 7) is 0. The highest BCUT2D eigenvalue weighted by atomic mass is 27.0. The van der Waals surface area contributed by atoms with Crippen LogP contribution in [0.2, 0.25) is 0 Å². The molecule has 3 N–H and O–H groups in total. The van der Waals surface area contributed by atoms with Gasteiger partial charge in [0.25, 0.3) is 0 Å². The maximum atomic E-state index is 8.63. The number of hydrogen-bond donors (Lipinski definition) is 1. The third-order valence-corrected chi connectivity index (χ3v) is 0.756. The van der Waals surface area contributed by atoms with Crippen LogP contribution < -0.4 is 0 Å². The van der Waals surface area contributed by atoms with Crippen molar-refractivity contribution in [1.82, 2.24) is 0 Å². The van der Waals surface area contributed by atoms with Gasteiger partial charge in [-0.25, -0.2) is 0 Å². The van der Waals surface area contributed by atoms with Crippen LogP contribution in [0.5, 0.6) is 5.75 Å². The van der Waals surface area contributed by atoms with E-state index in [0.717, 1.165) is 0 Å². The quantitative estimate of drug-likeness (QED) is 0.512. The van der Waals surface area contributed by atoms with Crippen molar-refractivity contribution in [3.8, 4) is 5.75 Å². The van der Waals surface area contributed by atoms with Gasteiger partial charge in [-0.3, -0.25) is 0 Å². The molecule has 0 saturated heterocycles. The molecule has 0 aliphatic rings. The molecule has 9 heavy (non-hydrogen) atoms. The molecule has 2 nitrogen and oxygen atoms in total. The Hall–Kier alpha value is -0.488. The van der Waals surface area contributed by atoms with Crippen molar-refractivity contribution >= 4 is 17.4 Å². The van der Waals surface area contributed by atoms with Gasteiger partial charge in [-0.2, -0.15) is 0 Å². The lowest BCUT2D eigenvalue weighted by atomic mass is 10.3. The molecule has 1 rings (SSSR count). The molecule has 1 aromatic carbocycles. The second-order valence-electron chi connectivity index (χ2n) is 1.34. The van der Waals surface area contributed by atoms with Gasteiger partial charge in [0.2, 0.25) is 0 Å². The Bertz CT molecular complexity index is 141. The summed E-state index contributed by atoms with van der Waals surface area (Å²) in [5.74, 6) is 0.322. The second kappa shape index (κ2) is 5.65. The number of aromatic hydroxyl groups is 1. The number of benzene rings is 1. The van der Waals surface area contributed by atoms with E-state index in [9.17, 15) is 0 Å². The first kappa shape index (κ1) is 11.3. The van der Waals surface area contributed by atoms with E-state index >= 15 is 0 Å². The van der Waals surface area contributed by atoms with Crippen molar-refractivity contribution in [3.05, 3.63) is 30.3 Å². The molecule has 0 atom stereocenters. The van der Waals surface area contributed by atoms with E-state index in [1.165, 1.54) is 0 Å². The van der Waals surface area contributed by atoms with Crippen LogP contribution in [0.3, 0.4) is 0 Å². The Morgan fingerprint density at radius 2 is 1.44 bits per heavy atom. The van der Waals surface area contributed by atoms with E-state index in [1.54, 1.807) is 24.3 Å². The highest BCUT2D eigenvalue weighted by Crippen LogP contribution is 2.02. The molecule has 0 amide bonds. The molecule has 0 bridgehead atoms.